The maximum absolute atomic E-state index is 12.7. The molecule has 3 rings (SSSR count). The molecular weight excluding hydrogens is 416 g/mol. The van der Waals surface area contributed by atoms with Crippen molar-refractivity contribution in [1.29, 1.82) is 0 Å². The van der Waals surface area contributed by atoms with E-state index in [1.165, 1.54) is 29.5 Å². The maximum Gasteiger partial charge on any atom is 0.261 e. The van der Waals surface area contributed by atoms with E-state index in [0.717, 1.165) is 16.0 Å². The van der Waals surface area contributed by atoms with E-state index in [1.54, 1.807) is 12.1 Å². The largest absolute Gasteiger partial charge is 0.325 e. The van der Waals surface area contributed by atoms with Crippen LogP contribution in [-0.4, -0.2) is 20.1 Å². The van der Waals surface area contributed by atoms with Gasteiger partial charge in [0.2, 0.25) is 5.91 Å². The third-order valence-electron chi connectivity index (χ3n) is 4.56. The first-order chi connectivity index (χ1) is 14.2. The smallest absolute Gasteiger partial charge is 0.261 e. The second-order valence-corrected chi connectivity index (χ2v) is 9.78. The van der Waals surface area contributed by atoms with Gasteiger partial charge in [-0.25, -0.2) is 8.42 Å². The molecule has 0 saturated heterocycles. The second kappa shape index (κ2) is 9.36. The van der Waals surface area contributed by atoms with Crippen LogP contribution in [0.3, 0.4) is 0 Å². The summed E-state index contributed by atoms with van der Waals surface area (Å²) in [4.78, 5) is 13.3. The maximum atomic E-state index is 12.7. The fraction of sp³-hybridized carbons (Fsp3) is 0.174. The predicted octanol–water partition coefficient (Wildman–Crippen LogP) is 5.14. The summed E-state index contributed by atoms with van der Waals surface area (Å²) in [7, 11) is -3.72. The normalized spacial score (nSPS) is 11.2. The van der Waals surface area contributed by atoms with Crippen molar-refractivity contribution in [2.75, 3.05) is 15.8 Å². The van der Waals surface area contributed by atoms with E-state index in [9.17, 15) is 13.2 Å². The zero-order valence-electron chi connectivity index (χ0n) is 17.1. The first-order valence-corrected chi connectivity index (χ1v) is 11.9. The summed E-state index contributed by atoms with van der Waals surface area (Å²) in [6, 6.07) is 19.7. The Morgan fingerprint density at radius 3 is 2.07 bits per heavy atom. The number of benzene rings is 3. The van der Waals surface area contributed by atoms with E-state index >= 15 is 0 Å². The van der Waals surface area contributed by atoms with Gasteiger partial charge in [0.05, 0.1) is 16.3 Å². The van der Waals surface area contributed by atoms with Crippen LogP contribution < -0.4 is 10.0 Å². The molecule has 0 aliphatic carbocycles. The van der Waals surface area contributed by atoms with Crippen LogP contribution in [0.5, 0.6) is 0 Å². The highest BCUT2D eigenvalue weighted by Gasteiger charge is 2.16. The monoisotopic (exact) mass is 440 g/mol. The van der Waals surface area contributed by atoms with Crippen molar-refractivity contribution in [1.82, 2.24) is 0 Å². The average molecular weight is 441 g/mol. The van der Waals surface area contributed by atoms with Crippen LogP contribution in [0.1, 0.15) is 16.7 Å². The minimum absolute atomic E-state index is 0.136. The van der Waals surface area contributed by atoms with E-state index < -0.39 is 10.0 Å². The van der Waals surface area contributed by atoms with Crippen LogP contribution in [0.15, 0.2) is 76.5 Å². The number of hydrogen-bond donors (Lipinski definition) is 2. The predicted molar refractivity (Wildman–Crippen MR) is 124 cm³/mol. The summed E-state index contributed by atoms with van der Waals surface area (Å²) in [5.41, 5.74) is 4.02. The number of para-hydroxylation sites is 1. The Labute approximate surface area is 182 Å². The molecule has 0 aliphatic rings. The Hall–Kier alpha value is -2.77. The molecule has 0 aliphatic heterocycles. The summed E-state index contributed by atoms with van der Waals surface area (Å²) in [6.45, 7) is 5.74. The van der Waals surface area contributed by atoms with Crippen LogP contribution in [0, 0.1) is 20.8 Å². The van der Waals surface area contributed by atoms with E-state index in [-0.39, 0.29) is 16.6 Å². The molecule has 0 spiro atoms. The Morgan fingerprint density at radius 1 is 0.867 bits per heavy atom. The summed E-state index contributed by atoms with van der Waals surface area (Å²) in [6.07, 6.45) is 0. The lowest BCUT2D eigenvalue weighted by atomic mass is 10.1. The minimum Gasteiger partial charge on any atom is -0.325 e. The quantitative estimate of drug-likeness (QED) is 0.499. The molecule has 3 aromatic carbocycles. The van der Waals surface area contributed by atoms with Gasteiger partial charge in [0, 0.05) is 10.6 Å². The molecule has 5 nitrogen and oxygen atoms in total. The van der Waals surface area contributed by atoms with Crippen LogP contribution in [0.4, 0.5) is 11.4 Å². The molecule has 0 heterocycles. The van der Waals surface area contributed by atoms with Crippen LogP contribution in [-0.2, 0) is 14.8 Å². The lowest BCUT2D eigenvalue weighted by Crippen LogP contribution is -2.16. The zero-order valence-corrected chi connectivity index (χ0v) is 18.7. The van der Waals surface area contributed by atoms with Gasteiger partial charge in [-0.05, 0) is 68.3 Å². The Morgan fingerprint density at radius 2 is 1.47 bits per heavy atom. The van der Waals surface area contributed by atoms with Crippen LogP contribution in [0.25, 0.3) is 0 Å². The van der Waals surface area contributed by atoms with Gasteiger partial charge in [-0.15, -0.1) is 11.8 Å². The SMILES string of the molecule is Cc1ccc(SCC(=O)Nc2ccc(S(=O)(=O)Nc3c(C)cccc3C)cc2)cc1. The van der Waals surface area contributed by atoms with Gasteiger partial charge in [-0.2, -0.15) is 0 Å². The molecule has 7 heteroatoms. The van der Waals surface area contributed by atoms with Crippen molar-refractivity contribution in [2.24, 2.45) is 0 Å². The Bertz CT molecular complexity index is 1120. The standard InChI is InChI=1S/C23H24N2O3S2/c1-16-7-11-20(12-8-16)29-15-22(26)24-19-9-13-21(14-10-19)30(27,28)25-23-17(2)5-4-6-18(23)3/h4-14,25H,15H2,1-3H3,(H,24,26). The van der Waals surface area contributed by atoms with Crippen molar-refractivity contribution in [2.45, 2.75) is 30.6 Å². The molecule has 0 unspecified atom stereocenters. The summed E-state index contributed by atoms with van der Waals surface area (Å²) < 4.78 is 28.1. The van der Waals surface area contributed by atoms with Gasteiger partial charge in [0.15, 0.2) is 0 Å². The third-order valence-corrected chi connectivity index (χ3v) is 6.93. The van der Waals surface area contributed by atoms with E-state index in [4.69, 9.17) is 0 Å². The van der Waals surface area contributed by atoms with Crippen molar-refractivity contribution in [3.8, 4) is 0 Å². The molecule has 2 N–H and O–H groups in total. The highest BCUT2D eigenvalue weighted by atomic mass is 32.2. The molecule has 30 heavy (non-hydrogen) atoms. The topological polar surface area (TPSA) is 75.3 Å². The molecule has 1 amide bonds. The highest BCUT2D eigenvalue weighted by Crippen LogP contribution is 2.24. The molecule has 0 bridgehead atoms. The molecule has 156 valence electrons. The van der Waals surface area contributed by atoms with Crippen molar-refractivity contribution >= 4 is 39.1 Å². The van der Waals surface area contributed by atoms with Gasteiger partial charge >= 0.3 is 0 Å². The van der Waals surface area contributed by atoms with Gasteiger partial charge in [-0.1, -0.05) is 35.9 Å². The van der Waals surface area contributed by atoms with Crippen LogP contribution in [0.2, 0.25) is 0 Å². The number of hydrogen-bond acceptors (Lipinski definition) is 4. The number of aryl methyl sites for hydroxylation is 3. The number of anilines is 2. The lowest BCUT2D eigenvalue weighted by Gasteiger charge is -2.13. The number of amides is 1. The number of carbonyl (C=O) groups excluding carboxylic acids is 1. The van der Waals surface area contributed by atoms with Gasteiger partial charge in [0.25, 0.3) is 10.0 Å². The van der Waals surface area contributed by atoms with E-state index in [2.05, 4.69) is 10.0 Å². The van der Waals surface area contributed by atoms with E-state index in [0.29, 0.717) is 11.4 Å². The van der Waals surface area contributed by atoms with Crippen molar-refractivity contribution < 1.29 is 13.2 Å². The second-order valence-electron chi connectivity index (χ2n) is 7.05. The summed E-state index contributed by atoms with van der Waals surface area (Å²) >= 11 is 1.45. The minimum atomic E-state index is -3.72. The first kappa shape index (κ1) is 21.9. The number of carbonyl (C=O) groups is 1. The molecule has 0 fully saturated rings. The Balaban J connectivity index is 1.62. The number of nitrogens with one attached hydrogen (secondary N) is 2. The molecule has 3 aromatic rings. The number of rotatable bonds is 7. The molecule has 0 radical (unpaired) electrons. The lowest BCUT2D eigenvalue weighted by molar-refractivity contribution is -0.113. The third kappa shape index (κ3) is 5.64. The van der Waals surface area contributed by atoms with Gasteiger partial charge < -0.3 is 5.32 Å². The fourth-order valence-corrected chi connectivity index (χ4v) is 4.77. The van der Waals surface area contributed by atoms with Gasteiger partial charge in [0.1, 0.15) is 0 Å². The van der Waals surface area contributed by atoms with Gasteiger partial charge in [-0.3, -0.25) is 9.52 Å². The first-order valence-electron chi connectivity index (χ1n) is 9.43. The molecular formula is C23H24N2O3S2. The summed E-state index contributed by atoms with van der Waals surface area (Å²) in [5, 5.41) is 2.80. The number of thioether (sulfide) groups is 1. The van der Waals surface area contributed by atoms with Crippen molar-refractivity contribution in [3.63, 3.8) is 0 Å². The Kier molecular flexibility index (Phi) is 6.84. The van der Waals surface area contributed by atoms with Crippen molar-refractivity contribution in [3.05, 3.63) is 83.4 Å². The fourth-order valence-electron chi connectivity index (χ4n) is 2.87. The highest BCUT2D eigenvalue weighted by molar-refractivity contribution is 8.00. The van der Waals surface area contributed by atoms with Crippen LogP contribution >= 0.6 is 11.8 Å². The number of sulfonamides is 1. The molecule has 0 saturated carbocycles. The molecule has 0 aromatic heterocycles. The average Bonchev–Trinajstić information content (AvgIpc) is 2.71. The summed E-state index contributed by atoms with van der Waals surface area (Å²) in [5.74, 6) is 0.127. The zero-order chi connectivity index (χ0) is 21.7. The molecule has 0 atom stereocenters. The van der Waals surface area contributed by atoms with E-state index in [1.807, 2.05) is 63.2 Å².